The second kappa shape index (κ2) is 4.76. The number of hydrogen-bond acceptors (Lipinski definition) is 4. The maximum Gasteiger partial charge on any atom is 0.252 e. The average Bonchev–Trinajstić information content (AvgIpc) is 2.86. The van der Waals surface area contributed by atoms with Crippen LogP contribution in [-0.2, 0) is 0 Å². The Morgan fingerprint density at radius 3 is 3.00 bits per heavy atom. The van der Waals surface area contributed by atoms with E-state index in [9.17, 15) is 0 Å². The standard InChI is InChI=1S/C12H13N5/c1-2-11(14)9-4-3-5-10(6-9)17-8-15-12(7-13)16-17/h3-6,8,11H,2,14H2,1H3. The van der Waals surface area contributed by atoms with Crippen molar-refractivity contribution in [2.45, 2.75) is 19.4 Å². The van der Waals surface area contributed by atoms with Gasteiger partial charge in [-0.1, -0.05) is 19.1 Å². The molecule has 1 heterocycles. The van der Waals surface area contributed by atoms with Gasteiger partial charge in [-0.25, -0.2) is 9.67 Å². The second-order valence-corrected chi connectivity index (χ2v) is 3.73. The third-order valence-electron chi connectivity index (χ3n) is 2.59. The highest BCUT2D eigenvalue weighted by Crippen LogP contribution is 2.17. The maximum atomic E-state index is 8.67. The Labute approximate surface area is 99.5 Å². The molecule has 2 N–H and O–H groups in total. The number of nitriles is 1. The van der Waals surface area contributed by atoms with Gasteiger partial charge in [0.1, 0.15) is 12.4 Å². The Bertz CT molecular complexity index is 552. The van der Waals surface area contributed by atoms with Crippen molar-refractivity contribution in [1.82, 2.24) is 14.8 Å². The van der Waals surface area contributed by atoms with Crippen LogP contribution in [-0.4, -0.2) is 14.8 Å². The van der Waals surface area contributed by atoms with E-state index < -0.39 is 0 Å². The van der Waals surface area contributed by atoms with E-state index in [1.54, 1.807) is 4.68 Å². The molecule has 0 bridgehead atoms. The zero-order chi connectivity index (χ0) is 12.3. The third kappa shape index (κ3) is 2.32. The lowest BCUT2D eigenvalue weighted by Crippen LogP contribution is -2.09. The van der Waals surface area contributed by atoms with Crippen molar-refractivity contribution >= 4 is 0 Å². The summed E-state index contributed by atoms with van der Waals surface area (Å²) >= 11 is 0. The van der Waals surface area contributed by atoms with Crippen molar-refractivity contribution in [3.8, 4) is 11.8 Å². The molecule has 0 aliphatic rings. The first-order valence-corrected chi connectivity index (χ1v) is 5.42. The van der Waals surface area contributed by atoms with E-state index in [1.807, 2.05) is 37.3 Å². The van der Waals surface area contributed by atoms with Gasteiger partial charge in [-0.2, -0.15) is 5.26 Å². The SMILES string of the molecule is CCC(N)c1cccc(-n2cnc(C#N)n2)c1. The first kappa shape index (κ1) is 11.3. The van der Waals surface area contributed by atoms with E-state index in [0.717, 1.165) is 17.7 Å². The lowest BCUT2D eigenvalue weighted by Gasteiger charge is -2.10. The van der Waals surface area contributed by atoms with Crippen LogP contribution in [0.25, 0.3) is 5.69 Å². The number of rotatable bonds is 3. The summed E-state index contributed by atoms with van der Waals surface area (Å²) in [4.78, 5) is 3.87. The largest absolute Gasteiger partial charge is 0.324 e. The summed E-state index contributed by atoms with van der Waals surface area (Å²) in [5, 5.41) is 12.7. The van der Waals surface area contributed by atoms with Crippen molar-refractivity contribution in [1.29, 1.82) is 5.26 Å². The Hall–Kier alpha value is -2.19. The smallest absolute Gasteiger partial charge is 0.252 e. The van der Waals surface area contributed by atoms with Crippen LogP contribution in [0.1, 0.15) is 30.8 Å². The van der Waals surface area contributed by atoms with Gasteiger partial charge in [0.05, 0.1) is 5.69 Å². The molecule has 0 saturated carbocycles. The molecule has 0 saturated heterocycles. The van der Waals surface area contributed by atoms with Crippen LogP contribution in [0.5, 0.6) is 0 Å². The van der Waals surface area contributed by atoms with Crippen LogP contribution >= 0.6 is 0 Å². The first-order valence-electron chi connectivity index (χ1n) is 5.42. The van der Waals surface area contributed by atoms with E-state index in [0.29, 0.717) is 0 Å². The number of nitrogens with zero attached hydrogens (tertiary/aromatic N) is 4. The minimum atomic E-state index is 0.0221. The zero-order valence-corrected chi connectivity index (χ0v) is 9.54. The molecule has 1 aromatic heterocycles. The molecule has 5 nitrogen and oxygen atoms in total. The molecule has 0 aliphatic heterocycles. The van der Waals surface area contributed by atoms with Gasteiger partial charge in [0.15, 0.2) is 0 Å². The fraction of sp³-hybridized carbons (Fsp3) is 0.250. The van der Waals surface area contributed by atoms with E-state index in [4.69, 9.17) is 11.0 Å². The lowest BCUT2D eigenvalue weighted by atomic mass is 10.1. The number of hydrogen-bond donors (Lipinski definition) is 1. The van der Waals surface area contributed by atoms with Crippen molar-refractivity contribution < 1.29 is 0 Å². The quantitative estimate of drug-likeness (QED) is 0.862. The topological polar surface area (TPSA) is 80.5 Å². The molecule has 86 valence electrons. The van der Waals surface area contributed by atoms with E-state index >= 15 is 0 Å². The molecule has 0 fully saturated rings. The maximum absolute atomic E-state index is 8.67. The van der Waals surface area contributed by atoms with Crippen molar-refractivity contribution in [2.75, 3.05) is 0 Å². The summed E-state index contributed by atoms with van der Waals surface area (Å²) in [7, 11) is 0. The van der Waals surface area contributed by atoms with E-state index in [1.165, 1.54) is 6.33 Å². The van der Waals surface area contributed by atoms with Crippen LogP contribution in [0, 0.1) is 11.3 Å². The fourth-order valence-corrected chi connectivity index (χ4v) is 1.57. The summed E-state index contributed by atoms with van der Waals surface area (Å²) in [5.74, 6) is 0.162. The Kier molecular flexibility index (Phi) is 3.17. The summed E-state index contributed by atoms with van der Waals surface area (Å²) in [6, 6.07) is 9.70. The molecule has 1 aromatic carbocycles. The van der Waals surface area contributed by atoms with Gasteiger partial charge in [0.2, 0.25) is 0 Å². The van der Waals surface area contributed by atoms with Crippen molar-refractivity contribution in [3.05, 3.63) is 42.0 Å². The number of nitrogens with two attached hydrogens (primary N) is 1. The molecule has 17 heavy (non-hydrogen) atoms. The van der Waals surface area contributed by atoms with Gasteiger partial charge in [-0.15, -0.1) is 5.10 Å². The van der Waals surface area contributed by atoms with Gasteiger partial charge < -0.3 is 5.73 Å². The third-order valence-corrected chi connectivity index (χ3v) is 2.59. The summed E-state index contributed by atoms with van der Waals surface area (Å²) < 4.78 is 1.57. The lowest BCUT2D eigenvalue weighted by molar-refractivity contribution is 0.697. The van der Waals surface area contributed by atoms with Gasteiger partial charge in [-0.05, 0) is 24.1 Å². The summed E-state index contributed by atoms with van der Waals surface area (Å²) in [6.45, 7) is 2.04. The highest BCUT2D eigenvalue weighted by molar-refractivity contribution is 5.36. The molecule has 2 aromatic rings. The van der Waals surface area contributed by atoms with E-state index in [-0.39, 0.29) is 11.9 Å². The predicted octanol–water partition coefficient (Wildman–Crippen LogP) is 1.55. The van der Waals surface area contributed by atoms with Crippen LogP contribution < -0.4 is 5.73 Å². The van der Waals surface area contributed by atoms with Crippen molar-refractivity contribution in [3.63, 3.8) is 0 Å². The van der Waals surface area contributed by atoms with Gasteiger partial charge in [0, 0.05) is 6.04 Å². The van der Waals surface area contributed by atoms with E-state index in [2.05, 4.69) is 10.1 Å². The first-order chi connectivity index (χ1) is 8.24. The molecular formula is C12H13N5. The predicted molar refractivity (Wildman–Crippen MR) is 63.3 cm³/mol. The minimum Gasteiger partial charge on any atom is -0.324 e. The van der Waals surface area contributed by atoms with Gasteiger partial charge in [0.25, 0.3) is 5.82 Å². The summed E-state index contributed by atoms with van der Waals surface area (Å²) in [6.07, 6.45) is 2.40. The fourth-order valence-electron chi connectivity index (χ4n) is 1.57. The molecule has 0 amide bonds. The zero-order valence-electron chi connectivity index (χ0n) is 9.54. The molecule has 0 spiro atoms. The number of aromatic nitrogens is 3. The molecule has 1 unspecified atom stereocenters. The Morgan fingerprint density at radius 2 is 2.35 bits per heavy atom. The normalized spacial score (nSPS) is 12.1. The molecule has 5 heteroatoms. The van der Waals surface area contributed by atoms with Crippen LogP contribution in [0.3, 0.4) is 0 Å². The molecular weight excluding hydrogens is 214 g/mol. The average molecular weight is 227 g/mol. The highest BCUT2D eigenvalue weighted by Gasteiger charge is 2.06. The number of benzene rings is 1. The van der Waals surface area contributed by atoms with Crippen LogP contribution in [0.15, 0.2) is 30.6 Å². The molecule has 1 atom stereocenters. The van der Waals surface area contributed by atoms with Gasteiger partial charge >= 0.3 is 0 Å². The summed E-state index contributed by atoms with van der Waals surface area (Å²) in [5.41, 5.74) is 7.89. The second-order valence-electron chi connectivity index (χ2n) is 3.73. The Morgan fingerprint density at radius 1 is 1.53 bits per heavy atom. The van der Waals surface area contributed by atoms with Crippen LogP contribution in [0.2, 0.25) is 0 Å². The van der Waals surface area contributed by atoms with Crippen molar-refractivity contribution in [2.24, 2.45) is 5.73 Å². The highest BCUT2D eigenvalue weighted by atomic mass is 15.3. The molecule has 0 radical (unpaired) electrons. The Balaban J connectivity index is 2.36. The minimum absolute atomic E-state index is 0.0221. The molecule has 0 aliphatic carbocycles. The monoisotopic (exact) mass is 227 g/mol. The molecule has 2 rings (SSSR count). The van der Waals surface area contributed by atoms with Crippen LogP contribution in [0.4, 0.5) is 0 Å². The van der Waals surface area contributed by atoms with Gasteiger partial charge in [-0.3, -0.25) is 0 Å².